The molecule has 2 aromatic rings. The van der Waals surface area contributed by atoms with Gasteiger partial charge in [-0.2, -0.15) is 4.98 Å². The molecule has 4 rings (SSSR count). The fourth-order valence-electron chi connectivity index (χ4n) is 3.06. The van der Waals surface area contributed by atoms with Crippen LogP contribution < -0.4 is 20.3 Å². The average Bonchev–Trinajstić information content (AvgIpc) is 3.18. The molecule has 0 amide bonds. The first-order valence-corrected chi connectivity index (χ1v) is 8.98. The Bertz CT molecular complexity index is 730. The third-order valence-corrected chi connectivity index (χ3v) is 5.21. The van der Waals surface area contributed by atoms with E-state index in [-0.39, 0.29) is 0 Å². The van der Waals surface area contributed by atoms with Crippen molar-refractivity contribution in [3.05, 3.63) is 0 Å². The van der Waals surface area contributed by atoms with Crippen LogP contribution in [0.25, 0.3) is 10.3 Å². The van der Waals surface area contributed by atoms with Gasteiger partial charge in [0.25, 0.3) is 5.19 Å². The first-order chi connectivity index (χ1) is 11.8. The van der Waals surface area contributed by atoms with Gasteiger partial charge in [-0.1, -0.05) is 11.3 Å². The van der Waals surface area contributed by atoms with Crippen LogP contribution in [-0.2, 0) is 4.74 Å². The Morgan fingerprint density at radius 2 is 2.17 bits per heavy atom. The summed E-state index contributed by atoms with van der Waals surface area (Å²) in [6.45, 7) is 5.85. The van der Waals surface area contributed by atoms with E-state index in [2.05, 4.69) is 37.4 Å². The molecule has 9 heteroatoms. The molecule has 2 N–H and O–H groups in total. The van der Waals surface area contributed by atoms with Crippen LogP contribution in [0.5, 0.6) is 5.19 Å². The summed E-state index contributed by atoms with van der Waals surface area (Å²) in [7, 11) is 3.94. The Labute approximate surface area is 144 Å². The molecule has 0 saturated carbocycles. The van der Waals surface area contributed by atoms with Crippen molar-refractivity contribution in [1.82, 2.24) is 14.9 Å². The van der Waals surface area contributed by atoms with Crippen molar-refractivity contribution in [2.75, 3.05) is 75.8 Å². The summed E-state index contributed by atoms with van der Waals surface area (Å²) >= 11 is 1.50. The number of aromatic nitrogens is 2. The van der Waals surface area contributed by atoms with Gasteiger partial charge in [-0.05, 0) is 0 Å². The van der Waals surface area contributed by atoms with Gasteiger partial charge in [0.05, 0.1) is 25.6 Å². The zero-order valence-corrected chi connectivity index (χ0v) is 14.8. The lowest BCUT2D eigenvalue weighted by Crippen LogP contribution is -2.38. The molecule has 8 nitrogen and oxygen atoms in total. The molecule has 0 spiro atoms. The first kappa shape index (κ1) is 15.7. The van der Waals surface area contributed by atoms with E-state index in [1.54, 1.807) is 0 Å². The van der Waals surface area contributed by atoms with E-state index in [1.165, 1.54) is 11.3 Å². The number of ether oxygens (including phenoxy) is 2. The van der Waals surface area contributed by atoms with Gasteiger partial charge in [0.1, 0.15) is 17.8 Å². The van der Waals surface area contributed by atoms with E-state index >= 15 is 0 Å². The minimum Gasteiger partial charge on any atom is -0.469 e. The Hall–Kier alpha value is -1.84. The second-order valence-electron chi connectivity index (χ2n) is 5.90. The molecule has 0 atom stereocenters. The predicted octanol–water partition coefficient (Wildman–Crippen LogP) is 1.26. The van der Waals surface area contributed by atoms with Gasteiger partial charge < -0.3 is 25.0 Å². The number of hydrogen-bond acceptors (Lipinski definition) is 9. The Morgan fingerprint density at radius 1 is 1.33 bits per heavy atom. The summed E-state index contributed by atoms with van der Waals surface area (Å²) in [6.07, 6.45) is 0. The van der Waals surface area contributed by atoms with E-state index in [0.29, 0.717) is 11.8 Å². The van der Waals surface area contributed by atoms with Crippen molar-refractivity contribution in [2.24, 2.45) is 0 Å². The summed E-state index contributed by atoms with van der Waals surface area (Å²) in [4.78, 5) is 14.7. The van der Waals surface area contributed by atoms with E-state index < -0.39 is 0 Å². The van der Waals surface area contributed by atoms with Gasteiger partial charge in [-0.25, -0.2) is 4.98 Å². The van der Waals surface area contributed by atoms with Crippen LogP contribution in [0.15, 0.2) is 0 Å². The molecule has 0 bridgehead atoms. The van der Waals surface area contributed by atoms with Gasteiger partial charge in [0.2, 0.25) is 0 Å². The van der Waals surface area contributed by atoms with Gasteiger partial charge in [-0.3, -0.25) is 4.90 Å². The fourth-order valence-corrected chi connectivity index (χ4v) is 3.88. The van der Waals surface area contributed by atoms with Crippen molar-refractivity contribution < 1.29 is 9.47 Å². The van der Waals surface area contributed by atoms with Crippen LogP contribution in [0.3, 0.4) is 0 Å². The molecular weight excluding hydrogens is 328 g/mol. The minimum atomic E-state index is 0.634. The van der Waals surface area contributed by atoms with Crippen LogP contribution in [0.2, 0.25) is 0 Å². The molecule has 4 heterocycles. The zero-order chi connectivity index (χ0) is 16.5. The fraction of sp³-hybridized carbons (Fsp3) is 0.600. The Balaban J connectivity index is 1.52. The lowest BCUT2D eigenvalue weighted by molar-refractivity contribution is 0.0322. The van der Waals surface area contributed by atoms with Gasteiger partial charge in [-0.15, -0.1) is 0 Å². The van der Waals surface area contributed by atoms with Crippen LogP contribution in [-0.4, -0.2) is 75.1 Å². The number of nitrogens with one attached hydrogen (secondary N) is 2. The largest absolute Gasteiger partial charge is 0.469 e. The summed E-state index contributed by atoms with van der Waals surface area (Å²) in [6, 6.07) is 0. The molecule has 0 radical (unpaired) electrons. The maximum Gasteiger partial charge on any atom is 0.275 e. The molecule has 1 saturated heterocycles. The quantitative estimate of drug-likeness (QED) is 0.835. The van der Waals surface area contributed by atoms with E-state index in [9.17, 15) is 0 Å². The Kier molecular flexibility index (Phi) is 4.30. The SMILES string of the molecule is CNc1nc2sc(OCCN3CCOCC3)nc2c2c1NCN2C. The third-order valence-electron chi connectivity index (χ3n) is 4.35. The van der Waals surface area contributed by atoms with Crippen LogP contribution in [0.1, 0.15) is 0 Å². The second-order valence-corrected chi connectivity index (χ2v) is 6.84. The smallest absolute Gasteiger partial charge is 0.275 e. The normalized spacial score (nSPS) is 17.8. The minimum absolute atomic E-state index is 0.634. The number of fused-ring (bicyclic) bond motifs is 3. The zero-order valence-electron chi connectivity index (χ0n) is 14.0. The lowest BCUT2D eigenvalue weighted by Gasteiger charge is -2.26. The predicted molar refractivity (Wildman–Crippen MR) is 96.6 cm³/mol. The van der Waals surface area contributed by atoms with Gasteiger partial charge in [0.15, 0.2) is 10.6 Å². The summed E-state index contributed by atoms with van der Waals surface area (Å²) in [5, 5.41) is 7.20. The molecule has 130 valence electrons. The lowest BCUT2D eigenvalue weighted by atomic mass is 10.3. The van der Waals surface area contributed by atoms with Crippen molar-refractivity contribution in [3.8, 4) is 5.19 Å². The molecule has 0 aromatic carbocycles. The highest BCUT2D eigenvalue weighted by Gasteiger charge is 2.25. The number of anilines is 3. The van der Waals surface area contributed by atoms with Crippen molar-refractivity contribution in [3.63, 3.8) is 0 Å². The van der Waals surface area contributed by atoms with Gasteiger partial charge in [0, 0.05) is 33.7 Å². The summed E-state index contributed by atoms with van der Waals surface area (Å²) in [5.41, 5.74) is 3.00. The monoisotopic (exact) mass is 350 g/mol. The highest BCUT2D eigenvalue weighted by Crippen LogP contribution is 2.43. The van der Waals surface area contributed by atoms with Gasteiger partial charge >= 0.3 is 0 Å². The second kappa shape index (κ2) is 6.58. The van der Waals surface area contributed by atoms with Crippen molar-refractivity contribution in [2.45, 2.75) is 0 Å². The first-order valence-electron chi connectivity index (χ1n) is 8.16. The highest BCUT2D eigenvalue weighted by atomic mass is 32.1. The van der Waals surface area contributed by atoms with Crippen LogP contribution in [0, 0.1) is 0 Å². The molecule has 24 heavy (non-hydrogen) atoms. The van der Waals surface area contributed by atoms with E-state index in [1.807, 2.05) is 7.05 Å². The van der Waals surface area contributed by atoms with Crippen LogP contribution >= 0.6 is 11.3 Å². The number of morpholine rings is 1. The molecule has 0 aliphatic carbocycles. The Morgan fingerprint density at radius 3 is 2.96 bits per heavy atom. The highest BCUT2D eigenvalue weighted by molar-refractivity contribution is 7.19. The molecule has 2 aromatic heterocycles. The van der Waals surface area contributed by atoms with Crippen molar-refractivity contribution in [1.29, 1.82) is 0 Å². The number of thiazole rings is 1. The maximum atomic E-state index is 5.89. The maximum absolute atomic E-state index is 5.89. The van der Waals surface area contributed by atoms with Crippen molar-refractivity contribution >= 4 is 38.9 Å². The summed E-state index contributed by atoms with van der Waals surface area (Å²) in [5.74, 6) is 0.852. The number of rotatable bonds is 5. The van der Waals surface area contributed by atoms with E-state index in [4.69, 9.17) is 9.47 Å². The van der Waals surface area contributed by atoms with E-state index in [0.717, 1.165) is 67.1 Å². The molecular formula is C15H22N6O2S. The summed E-state index contributed by atoms with van der Waals surface area (Å²) < 4.78 is 11.2. The molecule has 0 unspecified atom stereocenters. The molecule has 1 fully saturated rings. The third kappa shape index (κ3) is 2.83. The number of hydrogen-bond donors (Lipinski definition) is 2. The topological polar surface area (TPSA) is 74.8 Å². The molecule has 2 aliphatic rings. The average molecular weight is 350 g/mol. The number of nitrogens with zero attached hydrogens (tertiary/aromatic N) is 4. The number of pyridine rings is 1. The molecule has 2 aliphatic heterocycles. The van der Waals surface area contributed by atoms with Crippen LogP contribution in [0.4, 0.5) is 17.2 Å². The standard InChI is InChI=1S/C15H22N6O2S/c1-16-13-10-12(20(2)9-17-10)11-14(19-13)24-15(18-11)23-8-5-21-3-6-22-7-4-21/h17H,3-9H2,1-2H3,(H,16,19).